The van der Waals surface area contributed by atoms with E-state index in [9.17, 15) is 0 Å². The third-order valence-electron chi connectivity index (χ3n) is 3.48. The number of nitrogens with one attached hydrogen (secondary N) is 1. The van der Waals surface area contributed by atoms with Crippen molar-refractivity contribution in [1.82, 2.24) is 5.32 Å². The van der Waals surface area contributed by atoms with Gasteiger partial charge in [0.05, 0.1) is 0 Å². The minimum atomic E-state index is 0.778. The van der Waals surface area contributed by atoms with E-state index in [1.165, 1.54) is 38.5 Å². The first kappa shape index (κ1) is 12.0. The highest BCUT2D eigenvalue weighted by molar-refractivity contribution is 4.79. The van der Waals surface area contributed by atoms with E-state index in [2.05, 4.69) is 26.1 Å². The number of hydrogen-bond acceptors (Lipinski definition) is 1. The maximum absolute atomic E-state index is 3.65. The van der Waals surface area contributed by atoms with E-state index in [4.69, 9.17) is 0 Å². The van der Waals surface area contributed by atoms with Crippen molar-refractivity contribution in [3.63, 3.8) is 0 Å². The third kappa shape index (κ3) is 4.45. The van der Waals surface area contributed by atoms with Crippen LogP contribution in [0, 0.1) is 11.8 Å². The highest BCUT2D eigenvalue weighted by Gasteiger charge is 2.23. The average molecular weight is 197 g/mol. The second-order valence-electron chi connectivity index (χ2n) is 4.95. The minimum Gasteiger partial charge on any atom is -0.314 e. The highest BCUT2D eigenvalue weighted by atomic mass is 14.9. The molecule has 14 heavy (non-hydrogen) atoms. The maximum Gasteiger partial charge on any atom is 0.00926 e. The van der Waals surface area contributed by atoms with Gasteiger partial charge in [0.2, 0.25) is 0 Å². The summed E-state index contributed by atoms with van der Waals surface area (Å²) in [7, 11) is 0. The second kappa shape index (κ2) is 6.44. The fraction of sp³-hybridized carbons (Fsp3) is 1.00. The van der Waals surface area contributed by atoms with Gasteiger partial charge in [0.15, 0.2) is 0 Å². The molecule has 0 spiro atoms. The van der Waals surface area contributed by atoms with Crippen molar-refractivity contribution in [2.75, 3.05) is 6.54 Å². The predicted octanol–water partition coefficient (Wildman–Crippen LogP) is 3.59. The Balaban J connectivity index is 2.20. The first-order valence-electron chi connectivity index (χ1n) is 6.51. The lowest BCUT2D eigenvalue weighted by atomic mass is 9.92. The summed E-state index contributed by atoms with van der Waals surface area (Å²) in [6.45, 7) is 8.05. The van der Waals surface area contributed by atoms with Crippen molar-refractivity contribution < 1.29 is 0 Å². The van der Waals surface area contributed by atoms with Crippen LogP contribution in [-0.2, 0) is 0 Å². The van der Waals surface area contributed by atoms with Gasteiger partial charge in [-0.3, -0.25) is 0 Å². The van der Waals surface area contributed by atoms with Crippen molar-refractivity contribution in [2.24, 2.45) is 11.8 Å². The lowest BCUT2D eigenvalue weighted by molar-refractivity contribution is 0.331. The largest absolute Gasteiger partial charge is 0.314 e. The van der Waals surface area contributed by atoms with Crippen LogP contribution in [0.5, 0.6) is 0 Å². The van der Waals surface area contributed by atoms with Crippen LogP contribution >= 0.6 is 0 Å². The molecule has 0 aromatic rings. The van der Waals surface area contributed by atoms with Crippen LogP contribution < -0.4 is 5.32 Å². The molecule has 1 fully saturated rings. The SMILES string of the molecule is CCCC(C)C(CCC1CC1)NCC. The van der Waals surface area contributed by atoms with Crippen molar-refractivity contribution in [1.29, 1.82) is 0 Å². The zero-order valence-corrected chi connectivity index (χ0v) is 10.2. The molecular formula is C13H27N. The summed E-state index contributed by atoms with van der Waals surface area (Å²) in [5.74, 6) is 1.95. The molecule has 1 heteroatoms. The molecule has 0 heterocycles. The maximum atomic E-state index is 3.65. The van der Waals surface area contributed by atoms with Gasteiger partial charge in [-0.1, -0.05) is 40.0 Å². The van der Waals surface area contributed by atoms with Crippen LogP contribution in [0.25, 0.3) is 0 Å². The summed E-state index contributed by atoms with van der Waals surface area (Å²) in [6, 6.07) is 0.778. The van der Waals surface area contributed by atoms with Crippen molar-refractivity contribution in [3.8, 4) is 0 Å². The normalized spacial score (nSPS) is 20.8. The van der Waals surface area contributed by atoms with Crippen LogP contribution in [-0.4, -0.2) is 12.6 Å². The zero-order chi connectivity index (χ0) is 10.4. The molecule has 0 radical (unpaired) electrons. The summed E-state index contributed by atoms with van der Waals surface area (Å²) in [6.07, 6.45) is 8.57. The molecule has 1 N–H and O–H groups in total. The fourth-order valence-corrected chi connectivity index (χ4v) is 2.33. The molecular weight excluding hydrogens is 170 g/mol. The molecule has 0 aliphatic heterocycles. The topological polar surface area (TPSA) is 12.0 Å². The van der Waals surface area contributed by atoms with E-state index in [1.54, 1.807) is 0 Å². The highest BCUT2D eigenvalue weighted by Crippen LogP contribution is 2.34. The van der Waals surface area contributed by atoms with Gasteiger partial charge in [-0.25, -0.2) is 0 Å². The number of hydrogen-bond donors (Lipinski definition) is 1. The Morgan fingerprint density at radius 1 is 1.21 bits per heavy atom. The van der Waals surface area contributed by atoms with E-state index in [0.717, 1.165) is 24.4 Å². The van der Waals surface area contributed by atoms with E-state index < -0.39 is 0 Å². The van der Waals surface area contributed by atoms with Gasteiger partial charge < -0.3 is 5.32 Å². The Morgan fingerprint density at radius 2 is 1.93 bits per heavy atom. The summed E-state index contributed by atoms with van der Waals surface area (Å²) in [5.41, 5.74) is 0. The summed E-state index contributed by atoms with van der Waals surface area (Å²) in [4.78, 5) is 0. The smallest absolute Gasteiger partial charge is 0.00926 e. The van der Waals surface area contributed by atoms with E-state index >= 15 is 0 Å². The molecule has 0 amide bonds. The molecule has 2 atom stereocenters. The predicted molar refractivity (Wildman–Crippen MR) is 63.5 cm³/mol. The summed E-state index contributed by atoms with van der Waals surface area (Å²) in [5, 5.41) is 3.65. The lowest BCUT2D eigenvalue weighted by Gasteiger charge is -2.24. The molecule has 0 aromatic heterocycles. The standard InChI is InChI=1S/C13H27N/c1-4-6-11(3)13(14-5-2)10-9-12-7-8-12/h11-14H,4-10H2,1-3H3. The fourth-order valence-electron chi connectivity index (χ4n) is 2.33. The first-order valence-corrected chi connectivity index (χ1v) is 6.51. The Morgan fingerprint density at radius 3 is 2.43 bits per heavy atom. The van der Waals surface area contributed by atoms with Gasteiger partial charge in [0.25, 0.3) is 0 Å². The Kier molecular flexibility index (Phi) is 5.54. The average Bonchev–Trinajstić information content (AvgIpc) is 2.96. The van der Waals surface area contributed by atoms with Gasteiger partial charge in [0, 0.05) is 6.04 Å². The number of rotatable bonds is 8. The molecule has 84 valence electrons. The Labute approximate surface area is 89.7 Å². The molecule has 1 aliphatic rings. The van der Waals surface area contributed by atoms with E-state index in [1.807, 2.05) is 0 Å². The molecule has 2 unspecified atom stereocenters. The van der Waals surface area contributed by atoms with Gasteiger partial charge in [-0.15, -0.1) is 0 Å². The molecule has 0 aromatic carbocycles. The molecule has 0 bridgehead atoms. The molecule has 0 saturated heterocycles. The zero-order valence-electron chi connectivity index (χ0n) is 10.2. The van der Waals surface area contributed by atoms with Crippen LogP contribution in [0.15, 0.2) is 0 Å². The quantitative estimate of drug-likeness (QED) is 0.627. The lowest BCUT2D eigenvalue weighted by Crippen LogP contribution is -2.34. The summed E-state index contributed by atoms with van der Waals surface area (Å²) < 4.78 is 0. The molecule has 1 rings (SSSR count). The molecule has 1 saturated carbocycles. The van der Waals surface area contributed by atoms with Crippen molar-refractivity contribution >= 4 is 0 Å². The Bertz CT molecular complexity index is 140. The summed E-state index contributed by atoms with van der Waals surface area (Å²) >= 11 is 0. The van der Waals surface area contributed by atoms with Gasteiger partial charge in [0.1, 0.15) is 0 Å². The second-order valence-corrected chi connectivity index (χ2v) is 4.95. The monoisotopic (exact) mass is 197 g/mol. The van der Waals surface area contributed by atoms with Crippen molar-refractivity contribution in [2.45, 2.75) is 65.3 Å². The third-order valence-corrected chi connectivity index (χ3v) is 3.48. The first-order chi connectivity index (χ1) is 6.77. The van der Waals surface area contributed by atoms with Gasteiger partial charge in [-0.05, 0) is 37.6 Å². The minimum absolute atomic E-state index is 0.778. The van der Waals surface area contributed by atoms with Crippen LogP contribution in [0.4, 0.5) is 0 Å². The van der Waals surface area contributed by atoms with Gasteiger partial charge in [-0.2, -0.15) is 0 Å². The van der Waals surface area contributed by atoms with Crippen LogP contribution in [0.1, 0.15) is 59.3 Å². The van der Waals surface area contributed by atoms with Crippen LogP contribution in [0.2, 0.25) is 0 Å². The van der Waals surface area contributed by atoms with E-state index in [0.29, 0.717) is 0 Å². The Hall–Kier alpha value is -0.0400. The molecule has 1 aliphatic carbocycles. The van der Waals surface area contributed by atoms with Crippen LogP contribution in [0.3, 0.4) is 0 Å². The van der Waals surface area contributed by atoms with E-state index in [-0.39, 0.29) is 0 Å². The van der Waals surface area contributed by atoms with Gasteiger partial charge >= 0.3 is 0 Å². The van der Waals surface area contributed by atoms with Crippen molar-refractivity contribution in [3.05, 3.63) is 0 Å². The molecule has 1 nitrogen and oxygen atoms in total.